The SMILES string of the molecule is COc1cc(C=O)cc2oc(=O)c(C(=O)c3ccc(C#N)cc3)cc12. The predicted octanol–water partition coefficient (Wildman–Crippen LogP) is 2.72. The third-order valence-electron chi connectivity index (χ3n) is 3.71. The van der Waals surface area contributed by atoms with E-state index in [0.717, 1.165) is 0 Å². The van der Waals surface area contributed by atoms with Crippen molar-refractivity contribution >= 4 is 23.0 Å². The van der Waals surface area contributed by atoms with Crippen LogP contribution < -0.4 is 10.4 Å². The molecule has 0 N–H and O–H groups in total. The molecule has 25 heavy (non-hydrogen) atoms. The average molecular weight is 333 g/mol. The van der Waals surface area contributed by atoms with Gasteiger partial charge in [0.1, 0.15) is 23.2 Å². The molecule has 0 bridgehead atoms. The molecule has 0 aliphatic carbocycles. The molecule has 3 aromatic rings. The molecule has 0 saturated heterocycles. The first-order chi connectivity index (χ1) is 12.1. The number of carbonyl (C=O) groups excluding carboxylic acids is 2. The predicted molar refractivity (Wildman–Crippen MR) is 89.0 cm³/mol. The molecule has 0 radical (unpaired) electrons. The monoisotopic (exact) mass is 333 g/mol. The molecule has 1 heterocycles. The van der Waals surface area contributed by atoms with Gasteiger partial charge >= 0.3 is 5.63 Å². The summed E-state index contributed by atoms with van der Waals surface area (Å²) in [6.07, 6.45) is 0.609. The summed E-state index contributed by atoms with van der Waals surface area (Å²) in [4.78, 5) is 35.8. The lowest BCUT2D eigenvalue weighted by Gasteiger charge is -2.07. The molecule has 6 nitrogen and oxygen atoms in total. The quantitative estimate of drug-likeness (QED) is 0.414. The van der Waals surface area contributed by atoms with Gasteiger partial charge < -0.3 is 9.15 Å². The van der Waals surface area contributed by atoms with Gasteiger partial charge in [-0.1, -0.05) is 0 Å². The minimum atomic E-state index is -0.813. The number of benzene rings is 2. The van der Waals surface area contributed by atoms with Gasteiger partial charge in [-0.05, 0) is 42.5 Å². The van der Waals surface area contributed by atoms with E-state index < -0.39 is 11.4 Å². The first-order valence-electron chi connectivity index (χ1n) is 7.23. The van der Waals surface area contributed by atoms with Gasteiger partial charge in [0.2, 0.25) is 0 Å². The maximum absolute atomic E-state index is 12.6. The molecule has 0 aliphatic heterocycles. The first kappa shape index (κ1) is 16.1. The molecule has 122 valence electrons. The summed E-state index contributed by atoms with van der Waals surface area (Å²) in [5, 5.41) is 9.22. The average Bonchev–Trinajstić information content (AvgIpc) is 2.65. The van der Waals surface area contributed by atoms with Crippen LogP contribution in [0.4, 0.5) is 0 Å². The van der Waals surface area contributed by atoms with Gasteiger partial charge in [-0.2, -0.15) is 5.26 Å². The van der Waals surface area contributed by atoms with Crippen molar-refractivity contribution in [3.05, 3.63) is 75.1 Å². The zero-order valence-corrected chi connectivity index (χ0v) is 13.1. The Hall–Kier alpha value is -3.72. The number of hydrogen-bond donors (Lipinski definition) is 0. The number of fused-ring (bicyclic) bond motifs is 1. The molecule has 0 fully saturated rings. The van der Waals surface area contributed by atoms with Crippen LogP contribution in [0, 0.1) is 11.3 Å². The third kappa shape index (κ3) is 2.91. The van der Waals surface area contributed by atoms with Crippen LogP contribution in [-0.4, -0.2) is 19.2 Å². The Morgan fingerprint density at radius 3 is 2.52 bits per heavy atom. The van der Waals surface area contributed by atoms with E-state index in [2.05, 4.69) is 0 Å². The van der Waals surface area contributed by atoms with Crippen LogP contribution in [-0.2, 0) is 0 Å². The number of aldehydes is 1. The molecule has 0 amide bonds. The first-order valence-corrected chi connectivity index (χ1v) is 7.23. The largest absolute Gasteiger partial charge is 0.496 e. The van der Waals surface area contributed by atoms with E-state index in [4.69, 9.17) is 14.4 Å². The molecule has 6 heteroatoms. The molecular weight excluding hydrogens is 322 g/mol. The van der Waals surface area contributed by atoms with Crippen molar-refractivity contribution in [1.29, 1.82) is 5.26 Å². The maximum Gasteiger partial charge on any atom is 0.347 e. The van der Waals surface area contributed by atoms with Gasteiger partial charge in [0.05, 0.1) is 24.1 Å². The Balaban J connectivity index is 2.17. The van der Waals surface area contributed by atoms with Crippen LogP contribution in [0.15, 0.2) is 51.7 Å². The van der Waals surface area contributed by atoms with Crippen molar-refractivity contribution in [2.24, 2.45) is 0 Å². The van der Waals surface area contributed by atoms with Gasteiger partial charge in [-0.25, -0.2) is 4.79 Å². The number of ether oxygens (including phenoxy) is 1. The van der Waals surface area contributed by atoms with Crippen LogP contribution >= 0.6 is 0 Å². The van der Waals surface area contributed by atoms with E-state index in [0.29, 0.717) is 28.5 Å². The number of carbonyl (C=O) groups is 2. The van der Waals surface area contributed by atoms with Crippen LogP contribution in [0.3, 0.4) is 0 Å². The molecule has 0 saturated carbocycles. The molecular formula is C19H11NO5. The van der Waals surface area contributed by atoms with E-state index in [1.165, 1.54) is 49.6 Å². The topological polar surface area (TPSA) is 97.4 Å². The molecule has 0 atom stereocenters. The molecule has 0 spiro atoms. The minimum absolute atomic E-state index is 0.155. The lowest BCUT2D eigenvalue weighted by atomic mass is 10.0. The highest BCUT2D eigenvalue weighted by Crippen LogP contribution is 2.27. The Bertz CT molecular complexity index is 1090. The van der Waals surface area contributed by atoms with Crippen LogP contribution in [0.1, 0.15) is 31.8 Å². The fourth-order valence-electron chi connectivity index (χ4n) is 2.45. The number of hydrogen-bond acceptors (Lipinski definition) is 6. The zero-order chi connectivity index (χ0) is 18.0. The van der Waals surface area contributed by atoms with Crippen LogP contribution in [0.2, 0.25) is 0 Å². The van der Waals surface area contributed by atoms with E-state index in [9.17, 15) is 14.4 Å². The van der Waals surface area contributed by atoms with E-state index in [1.807, 2.05) is 6.07 Å². The number of rotatable bonds is 4. The standard InChI is InChI=1S/C19H11NO5/c1-24-16-6-12(10-21)7-17-14(16)8-15(19(23)25-17)18(22)13-4-2-11(9-20)3-5-13/h2-8,10H,1H3. The van der Waals surface area contributed by atoms with Gasteiger partial charge in [-0.15, -0.1) is 0 Å². The highest BCUT2D eigenvalue weighted by Gasteiger charge is 2.18. The summed E-state index contributed by atoms with van der Waals surface area (Å²) in [5.41, 5.74) is 0.141. The highest BCUT2D eigenvalue weighted by molar-refractivity contribution is 6.10. The van der Waals surface area contributed by atoms with Crippen molar-refractivity contribution in [1.82, 2.24) is 0 Å². The number of nitrogens with zero attached hydrogens (tertiary/aromatic N) is 1. The number of methoxy groups -OCH3 is 1. The van der Waals surface area contributed by atoms with E-state index in [1.54, 1.807) is 0 Å². The summed E-state index contributed by atoms with van der Waals surface area (Å²) in [7, 11) is 1.41. The molecule has 1 aromatic heterocycles. The highest BCUT2D eigenvalue weighted by atomic mass is 16.5. The molecule has 3 rings (SSSR count). The minimum Gasteiger partial charge on any atom is -0.496 e. The second-order valence-corrected chi connectivity index (χ2v) is 5.22. The molecule has 2 aromatic carbocycles. The van der Waals surface area contributed by atoms with Crippen molar-refractivity contribution in [2.75, 3.05) is 7.11 Å². The van der Waals surface area contributed by atoms with Crippen molar-refractivity contribution in [3.63, 3.8) is 0 Å². The molecule has 0 aliphatic rings. The van der Waals surface area contributed by atoms with Gasteiger partial charge in [-0.3, -0.25) is 9.59 Å². The van der Waals surface area contributed by atoms with Crippen molar-refractivity contribution in [3.8, 4) is 11.8 Å². The Labute approximate surface area is 141 Å². The van der Waals surface area contributed by atoms with Crippen LogP contribution in [0.25, 0.3) is 11.0 Å². The summed E-state index contributed by atoms with van der Waals surface area (Å²) in [5.74, 6) is -0.209. The Morgan fingerprint density at radius 2 is 1.92 bits per heavy atom. The molecule has 0 unspecified atom stereocenters. The fourth-order valence-corrected chi connectivity index (χ4v) is 2.45. The fraction of sp³-hybridized carbons (Fsp3) is 0.0526. The van der Waals surface area contributed by atoms with E-state index in [-0.39, 0.29) is 16.7 Å². The van der Waals surface area contributed by atoms with E-state index >= 15 is 0 Å². The summed E-state index contributed by atoms with van der Waals surface area (Å²) < 4.78 is 10.4. The van der Waals surface area contributed by atoms with Crippen LogP contribution in [0.5, 0.6) is 5.75 Å². The number of nitriles is 1. The number of ketones is 1. The summed E-state index contributed by atoms with van der Waals surface area (Å²) >= 11 is 0. The lowest BCUT2D eigenvalue weighted by molar-refractivity contribution is 0.103. The Kier molecular flexibility index (Phi) is 4.14. The Morgan fingerprint density at radius 1 is 1.20 bits per heavy atom. The third-order valence-corrected chi connectivity index (χ3v) is 3.71. The zero-order valence-electron chi connectivity index (χ0n) is 13.1. The van der Waals surface area contributed by atoms with Crippen molar-refractivity contribution < 1.29 is 18.7 Å². The van der Waals surface area contributed by atoms with Gasteiger partial charge in [0.15, 0.2) is 5.78 Å². The maximum atomic E-state index is 12.6. The van der Waals surface area contributed by atoms with Gasteiger partial charge in [0.25, 0.3) is 0 Å². The lowest BCUT2D eigenvalue weighted by Crippen LogP contribution is -2.15. The summed E-state index contributed by atoms with van der Waals surface area (Å²) in [6, 6.07) is 12.2. The summed E-state index contributed by atoms with van der Waals surface area (Å²) in [6.45, 7) is 0. The second-order valence-electron chi connectivity index (χ2n) is 5.22. The normalized spacial score (nSPS) is 10.2. The second kappa shape index (κ2) is 6.42. The van der Waals surface area contributed by atoms with Crippen molar-refractivity contribution in [2.45, 2.75) is 0 Å². The smallest absolute Gasteiger partial charge is 0.347 e. The van der Waals surface area contributed by atoms with Gasteiger partial charge in [0, 0.05) is 11.1 Å².